The summed E-state index contributed by atoms with van der Waals surface area (Å²) < 4.78 is 35.8. The van der Waals surface area contributed by atoms with Gasteiger partial charge in [-0.1, -0.05) is 0 Å². The van der Waals surface area contributed by atoms with Crippen molar-refractivity contribution in [3.05, 3.63) is 0 Å². The lowest BCUT2D eigenvalue weighted by atomic mass is 9.98. The minimum absolute atomic E-state index is 0.284. The predicted molar refractivity (Wildman–Crippen MR) is 103 cm³/mol. The van der Waals surface area contributed by atoms with Gasteiger partial charge in [0.25, 0.3) is 0 Å². The lowest BCUT2D eigenvalue weighted by Crippen LogP contribution is -2.44. The predicted octanol–water partition coefficient (Wildman–Crippen LogP) is 0.409. The number of nitrogens with zero attached hydrogens (tertiary/aromatic N) is 2. The maximum Gasteiger partial charge on any atom is 0.211 e. The van der Waals surface area contributed by atoms with Crippen LogP contribution in [-0.4, -0.2) is 84.1 Å². The van der Waals surface area contributed by atoms with E-state index in [0.717, 1.165) is 57.8 Å². The highest BCUT2D eigenvalue weighted by atomic mass is 32.2. The molecular formula is C17H34N4O4S. The van der Waals surface area contributed by atoms with E-state index in [2.05, 4.69) is 15.6 Å². The standard InChI is InChI=1S/C17H34N4O4S/c1-18-17(19-8-4-11-24-14-16-5-3-12-25-16)20-13-15-6-9-21(10-7-15)26(2,22)23/h15-16H,3-14H2,1-2H3,(H2,18,19,20). The van der Waals surface area contributed by atoms with Crippen molar-refractivity contribution in [2.45, 2.75) is 38.2 Å². The van der Waals surface area contributed by atoms with Crippen LogP contribution in [0.3, 0.4) is 0 Å². The van der Waals surface area contributed by atoms with E-state index >= 15 is 0 Å². The summed E-state index contributed by atoms with van der Waals surface area (Å²) in [5.41, 5.74) is 0. The topological polar surface area (TPSA) is 92.3 Å². The Labute approximate surface area is 157 Å². The van der Waals surface area contributed by atoms with E-state index in [-0.39, 0.29) is 6.10 Å². The highest BCUT2D eigenvalue weighted by molar-refractivity contribution is 7.88. The highest BCUT2D eigenvalue weighted by Crippen LogP contribution is 2.18. The van der Waals surface area contributed by atoms with Crippen LogP contribution < -0.4 is 10.6 Å². The van der Waals surface area contributed by atoms with E-state index in [1.54, 1.807) is 11.4 Å². The van der Waals surface area contributed by atoms with Crippen LogP contribution in [-0.2, 0) is 19.5 Å². The molecule has 2 fully saturated rings. The zero-order chi connectivity index (χ0) is 18.8. The summed E-state index contributed by atoms with van der Waals surface area (Å²) in [4.78, 5) is 4.23. The van der Waals surface area contributed by atoms with E-state index in [0.29, 0.717) is 32.2 Å². The van der Waals surface area contributed by atoms with Crippen molar-refractivity contribution in [1.29, 1.82) is 0 Å². The lowest BCUT2D eigenvalue weighted by molar-refractivity contribution is 0.0168. The molecule has 0 aliphatic carbocycles. The van der Waals surface area contributed by atoms with Gasteiger partial charge in [0.2, 0.25) is 10.0 Å². The molecule has 26 heavy (non-hydrogen) atoms. The van der Waals surface area contributed by atoms with Crippen molar-refractivity contribution >= 4 is 16.0 Å². The molecular weight excluding hydrogens is 356 g/mol. The second-order valence-electron chi connectivity index (χ2n) is 7.05. The minimum atomic E-state index is -3.05. The summed E-state index contributed by atoms with van der Waals surface area (Å²) in [6.45, 7) is 5.11. The fourth-order valence-corrected chi connectivity index (χ4v) is 4.15. The summed E-state index contributed by atoms with van der Waals surface area (Å²) in [6.07, 6.45) is 6.50. The Bertz CT molecular complexity index is 527. The van der Waals surface area contributed by atoms with Gasteiger partial charge in [0.15, 0.2) is 5.96 Å². The zero-order valence-electron chi connectivity index (χ0n) is 16.1. The molecule has 9 heteroatoms. The third-order valence-electron chi connectivity index (χ3n) is 4.91. The number of hydrogen-bond donors (Lipinski definition) is 2. The maximum atomic E-state index is 11.5. The molecule has 0 aromatic rings. The Balaban J connectivity index is 1.51. The largest absolute Gasteiger partial charge is 0.379 e. The van der Waals surface area contributed by atoms with E-state index in [9.17, 15) is 8.42 Å². The fourth-order valence-electron chi connectivity index (χ4n) is 3.28. The average molecular weight is 391 g/mol. The SMILES string of the molecule is CN=C(NCCCOCC1CCCO1)NCC1CCN(S(C)(=O)=O)CC1. The molecule has 2 saturated heterocycles. The van der Waals surface area contributed by atoms with Crippen LogP contribution in [0.25, 0.3) is 0 Å². The Morgan fingerprint density at radius 1 is 1.27 bits per heavy atom. The summed E-state index contributed by atoms with van der Waals surface area (Å²) in [5.74, 6) is 1.26. The molecule has 2 aliphatic rings. The van der Waals surface area contributed by atoms with Gasteiger partial charge in [-0.3, -0.25) is 4.99 Å². The normalized spacial score (nSPS) is 23.3. The third-order valence-corrected chi connectivity index (χ3v) is 6.21. The van der Waals surface area contributed by atoms with Gasteiger partial charge >= 0.3 is 0 Å². The number of guanidine groups is 1. The van der Waals surface area contributed by atoms with E-state index in [4.69, 9.17) is 9.47 Å². The van der Waals surface area contributed by atoms with Gasteiger partial charge in [-0.2, -0.15) is 0 Å². The summed E-state index contributed by atoms with van der Waals surface area (Å²) in [7, 11) is -1.29. The van der Waals surface area contributed by atoms with Crippen LogP contribution in [0.15, 0.2) is 4.99 Å². The Morgan fingerprint density at radius 2 is 2.04 bits per heavy atom. The molecule has 0 radical (unpaired) electrons. The van der Waals surface area contributed by atoms with Crippen LogP contribution in [0.2, 0.25) is 0 Å². The van der Waals surface area contributed by atoms with Crippen molar-refractivity contribution in [2.75, 3.05) is 59.3 Å². The number of aliphatic imine (C=N–C) groups is 1. The number of hydrogen-bond acceptors (Lipinski definition) is 5. The summed E-state index contributed by atoms with van der Waals surface area (Å²) >= 11 is 0. The molecule has 152 valence electrons. The Kier molecular flexibility index (Phi) is 9.10. The second-order valence-corrected chi connectivity index (χ2v) is 9.03. The molecule has 0 saturated carbocycles. The number of sulfonamides is 1. The number of ether oxygens (including phenoxy) is 2. The molecule has 0 aromatic heterocycles. The summed E-state index contributed by atoms with van der Waals surface area (Å²) in [5, 5.41) is 6.63. The molecule has 1 unspecified atom stereocenters. The van der Waals surface area contributed by atoms with Gasteiger partial charge in [-0.15, -0.1) is 0 Å². The fraction of sp³-hybridized carbons (Fsp3) is 0.941. The third kappa shape index (κ3) is 7.77. The first-order valence-electron chi connectivity index (χ1n) is 9.58. The zero-order valence-corrected chi connectivity index (χ0v) is 16.9. The van der Waals surface area contributed by atoms with Crippen LogP contribution in [0, 0.1) is 5.92 Å². The molecule has 1 atom stereocenters. The van der Waals surface area contributed by atoms with Gasteiger partial charge in [0.05, 0.1) is 19.0 Å². The van der Waals surface area contributed by atoms with Crippen molar-refractivity contribution in [3.63, 3.8) is 0 Å². The monoisotopic (exact) mass is 390 g/mol. The number of piperidine rings is 1. The smallest absolute Gasteiger partial charge is 0.211 e. The molecule has 0 bridgehead atoms. The van der Waals surface area contributed by atoms with Gasteiger partial charge < -0.3 is 20.1 Å². The first kappa shape index (κ1) is 21.4. The van der Waals surface area contributed by atoms with Gasteiger partial charge in [-0.05, 0) is 38.0 Å². The first-order chi connectivity index (χ1) is 12.5. The van der Waals surface area contributed by atoms with E-state index < -0.39 is 10.0 Å². The Hall–Kier alpha value is -0.900. The van der Waals surface area contributed by atoms with E-state index in [1.807, 2.05) is 0 Å². The van der Waals surface area contributed by atoms with Crippen molar-refractivity contribution in [2.24, 2.45) is 10.9 Å². The van der Waals surface area contributed by atoms with Gasteiger partial charge in [0.1, 0.15) is 0 Å². The molecule has 0 aromatic carbocycles. The maximum absolute atomic E-state index is 11.5. The molecule has 8 nitrogen and oxygen atoms in total. The minimum Gasteiger partial charge on any atom is -0.379 e. The number of rotatable bonds is 9. The van der Waals surface area contributed by atoms with Gasteiger partial charge in [0, 0.05) is 46.4 Å². The molecule has 2 aliphatic heterocycles. The highest BCUT2D eigenvalue weighted by Gasteiger charge is 2.24. The molecule has 2 heterocycles. The van der Waals surface area contributed by atoms with Crippen LogP contribution in [0.4, 0.5) is 0 Å². The molecule has 2 N–H and O–H groups in total. The molecule has 0 spiro atoms. The van der Waals surface area contributed by atoms with Gasteiger partial charge in [-0.25, -0.2) is 12.7 Å². The molecule has 0 amide bonds. The average Bonchev–Trinajstić information content (AvgIpc) is 3.13. The quantitative estimate of drug-likeness (QED) is 0.337. The van der Waals surface area contributed by atoms with Crippen LogP contribution >= 0.6 is 0 Å². The van der Waals surface area contributed by atoms with E-state index in [1.165, 1.54) is 6.26 Å². The van der Waals surface area contributed by atoms with Crippen LogP contribution in [0.1, 0.15) is 32.1 Å². The second kappa shape index (κ2) is 11.1. The van der Waals surface area contributed by atoms with Crippen molar-refractivity contribution in [1.82, 2.24) is 14.9 Å². The summed E-state index contributed by atoms with van der Waals surface area (Å²) in [6, 6.07) is 0. The Morgan fingerprint density at radius 3 is 2.65 bits per heavy atom. The van der Waals surface area contributed by atoms with Crippen molar-refractivity contribution < 1.29 is 17.9 Å². The first-order valence-corrected chi connectivity index (χ1v) is 11.4. The van der Waals surface area contributed by atoms with Crippen LogP contribution in [0.5, 0.6) is 0 Å². The lowest BCUT2D eigenvalue weighted by Gasteiger charge is -2.30. The van der Waals surface area contributed by atoms with Crippen molar-refractivity contribution in [3.8, 4) is 0 Å². The number of nitrogens with one attached hydrogen (secondary N) is 2. The molecule has 2 rings (SSSR count).